The fourth-order valence-corrected chi connectivity index (χ4v) is 3.70. The van der Waals surface area contributed by atoms with Gasteiger partial charge in [0.1, 0.15) is 11.5 Å². The Balaban J connectivity index is 2.31. The predicted molar refractivity (Wildman–Crippen MR) is 97.0 cm³/mol. The largest absolute Gasteiger partial charge is 0.508 e. The monoisotopic (exact) mass is 314 g/mol. The molecule has 0 fully saturated rings. The summed E-state index contributed by atoms with van der Waals surface area (Å²) in [6.07, 6.45) is 8.40. The zero-order chi connectivity index (χ0) is 17.0. The Morgan fingerprint density at radius 2 is 1.87 bits per heavy atom. The highest BCUT2D eigenvalue weighted by molar-refractivity contribution is 5.50. The molecule has 0 saturated heterocycles. The molecule has 23 heavy (non-hydrogen) atoms. The summed E-state index contributed by atoms with van der Waals surface area (Å²) >= 11 is 0. The Bertz CT molecular complexity index is 575. The third kappa shape index (κ3) is 4.19. The van der Waals surface area contributed by atoms with Gasteiger partial charge in [-0.1, -0.05) is 43.6 Å². The fraction of sp³-hybridized carbons (Fsp3) is 0.524. The standard InChI is InChI=1S/C21H30O2/c1-5-6-7-8-16-12-19(22)21(20(23)13-16)18-11-15(4)9-10-17(18)14(2)3/h9,12-13,17-18,22-23H,2,5-8,10-11H2,1,3-4H3/t17-,18+/m0/s1. The van der Waals surface area contributed by atoms with Crippen LogP contribution < -0.4 is 0 Å². The van der Waals surface area contributed by atoms with Crippen LogP contribution in [-0.4, -0.2) is 10.2 Å². The zero-order valence-electron chi connectivity index (χ0n) is 14.7. The van der Waals surface area contributed by atoms with E-state index in [0.717, 1.165) is 36.8 Å². The number of allylic oxidation sites excluding steroid dienone is 3. The molecule has 2 atom stereocenters. The fourth-order valence-electron chi connectivity index (χ4n) is 3.70. The first-order chi connectivity index (χ1) is 10.9. The van der Waals surface area contributed by atoms with Crippen LogP contribution in [0.2, 0.25) is 0 Å². The second-order valence-electron chi connectivity index (χ2n) is 7.05. The van der Waals surface area contributed by atoms with Crippen molar-refractivity contribution in [2.75, 3.05) is 0 Å². The summed E-state index contributed by atoms with van der Waals surface area (Å²) in [5.41, 5.74) is 4.15. The van der Waals surface area contributed by atoms with Crippen molar-refractivity contribution in [3.63, 3.8) is 0 Å². The van der Waals surface area contributed by atoms with E-state index in [0.29, 0.717) is 5.56 Å². The van der Waals surface area contributed by atoms with Crippen LogP contribution in [0.15, 0.2) is 35.9 Å². The molecule has 0 aromatic heterocycles. The summed E-state index contributed by atoms with van der Waals surface area (Å²) in [5, 5.41) is 21.1. The average Bonchev–Trinajstić information content (AvgIpc) is 2.46. The molecule has 0 heterocycles. The minimum absolute atomic E-state index is 0.113. The van der Waals surface area contributed by atoms with Crippen LogP contribution in [0.1, 0.15) is 69.9 Å². The molecule has 0 spiro atoms. The first-order valence-corrected chi connectivity index (χ1v) is 8.79. The molecule has 0 bridgehead atoms. The van der Waals surface area contributed by atoms with Gasteiger partial charge < -0.3 is 10.2 Å². The van der Waals surface area contributed by atoms with Gasteiger partial charge in [-0.2, -0.15) is 0 Å². The van der Waals surface area contributed by atoms with Crippen molar-refractivity contribution >= 4 is 0 Å². The number of benzene rings is 1. The number of rotatable bonds is 6. The molecule has 2 heteroatoms. The van der Waals surface area contributed by atoms with Crippen molar-refractivity contribution in [1.82, 2.24) is 0 Å². The van der Waals surface area contributed by atoms with E-state index >= 15 is 0 Å². The van der Waals surface area contributed by atoms with Crippen molar-refractivity contribution in [3.8, 4) is 11.5 Å². The van der Waals surface area contributed by atoms with Gasteiger partial charge in [0.2, 0.25) is 0 Å². The van der Waals surface area contributed by atoms with E-state index in [1.165, 1.54) is 18.4 Å². The summed E-state index contributed by atoms with van der Waals surface area (Å²) < 4.78 is 0. The summed E-state index contributed by atoms with van der Waals surface area (Å²) in [6, 6.07) is 3.68. The lowest BCUT2D eigenvalue weighted by molar-refractivity contribution is 0.391. The van der Waals surface area contributed by atoms with Gasteiger partial charge in [0.05, 0.1) is 0 Å². The highest BCUT2D eigenvalue weighted by atomic mass is 16.3. The summed E-state index contributed by atoms with van der Waals surface area (Å²) in [4.78, 5) is 0. The van der Waals surface area contributed by atoms with Gasteiger partial charge in [0.25, 0.3) is 0 Å². The molecule has 1 aromatic rings. The molecule has 0 unspecified atom stereocenters. The summed E-state index contributed by atoms with van der Waals surface area (Å²) in [6.45, 7) is 10.5. The van der Waals surface area contributed by atoms with Crippen molar-refractivity contribution in [1.29, 1.82) is 0 Å². The number of phenolic OH excluding ortho intramolecular Hbond substituents is 2. The van der Waals surface area contributed by atoms with Gasteiger partial charge in [-0.05, 0) is 63.1 Å². The minimum atomic E-state index is 0.113. The Hall–Kier alpha value is -1.70. The maximum atomic E-state index is 10.6. The molecule has 2 nitrogen and oxygen atoms in total. The molecule has 0 aliphatic heterocycles. The van der Waals surface area contributed by atoms with E-state index in [-0.39, 0.29) is 23.3 Å². The Kier molecular flexibility index (Phi) is 5.92. The number of phenols is 2. The molecule has 0 radical (unpaired) electrons. The van der Waals surface area contributed by atoms with Crippen molar-refractivity contribution in [2.45, 2.75) is 65.2 Å². The molecule has 0 saturated carbocycles. The molecule has 1 aliphatic carbocycles. The predicted octanol–water partition coefficient (Wildman–Crippen LogP) is 5.85. The van der Waals surface area contributed by atoms with Gasteiger partial charge in [0.15, 0.2) is 0 Å². The molecule has 0 amide bonds. The molecular weight excluding hydrogens is 284 g/mol. The van der Waals surface area contributed by atoms with Crippen LogP contribution in [-0.2, 0) is 6.42 Å². The second kappa shape index (κ2) is 7.72. The van der Waals surface area contributed by atoms with Gasteiger partial charge in [-0.15, -0.1) is 0 Å². The molecule has 2 rings (SSSR count). The Morgan fingerprint density at radius 3 is 2.43 bits per heavy atom. The van der Waals surface area contributed by atoms with Gasteiger partial charge in [0, 0.05) is 11.5 Å². The lowest BCUT2D eigenvalue weighted by atomic mass is 9.72. The Morgan fingerprint density at radius 1 is 1.22 bits per heavy atom. The highest BCUT2D eigenvalue weighted by Crippen LogP contribution is 2.47. The van der Waals surface area contributed by atoms with E-state index in [4.69, 9.17) is 0 Å². The number of aryl methyl sites for hydroxylation is 1. The maximum Gasteiger partial charge on any atom is 0.123 e. The summed E-state index contributed by atoms with van der Waals surface area (Å²) in [7, 11) is 0. The van der Waals surface area contributed by atoms with Gasteiger partial charge in [-0.25, -0.2) is 0 Å². The molecule has 1 aromatic carbocycles. The van der Waals surface area contributed by atoms with E-state index in [9.17, 15) is 10.2 Å². The topological polar surface area (TPSA) is 40.5 Å². The molecule has 1 aliphatic rings. The maximum absolute atomic E-state index is 10.6. The third-order valence-corrected chi connectivity index (χ3v) is 5.02. The molecule has 126 valence electrons. The average molecular weight is 314 g/mol. The first-order valence-electron chi connectivity index (χ1n) is 8.79. The third-order valence-electron chi connectivity index (χ3n) is 5.02. The first kappa shape index (κ1) is 17.7. The van der Waals surface area contributed by atoms with Crippen molar-refractivity contribution in [3.05, 3.63) is 47.1 Å². The molecular formula is C21H30O2. The number of hydrogen-bond donors (Lipinski definition) is 2. The quantitative estimate of drug-likeness (QED) is 0.511. The van der Waals surface area contributed by atoms with E-state index in [2.05, 4.69) is 26.5 Å². The van der Waals surface area contributed by atoms with Gasteiger partial charge in [-0.3, -0.25) is 0 Å². The highest BCUT2D eigenvalue weighted by Gasteiger charge is 2.31. The van der Waals surface area contributed by atoms with Crippen LogP contribution in [0.25, 0.3) is 0 Å². The minimum Gasteiger partial charge on any atom is -0.508 e. The van der Waals surface area contributed by atoms with Gasteiger partial charge >= 0.3 is 0 Å². The lowest BCUT2D eigenvalue weighted by Gasteiger charge is -2.32. The van der Waals surface area contributed by atoms with Crippen LogP contribution in [0.4, 0.5) is 0 Å². The van der Waals surface area contributed by atoms with Crippen LogP contribution in [0, 0.1) is 5.92 Å². The van der Waals surface area contributed by atoms with E-state index in [1.807, 2.05) is 19.1 Å². The Labute approximate surface area is 140 Å². The van der Waals surface area contributed by atoms with Crippen LogP contribution in [0.3, 0.4) is 0 Å². The normalized spacial score (nSPS) is 21.1. The number of hydrogen-bond acceptors (Lipinski definition) is 2. The van der Waals surface area contributed by atoms with Crippen LogP contribution >= 0.6 is 0 Å². The lowest BCUT2D eigenvalue weighted by Crippen LogP contribution is -2.18. The second-order valence-corrected chi connectivity index (χ2v) is 7.05. The molecule has 2 N–H and O–H groups in total. The summed E-state index contributed by atoms with van der Waals surface area (Å²) in [5.74, 6) is 0.869. The van der Waals surface area contributed by atoms with Crippen molar-refractivity contribution < 1.29 is 10.2 Å². The number of unbranched alkanes of at least 4 members (excludes halogenated alkanes) is 2. The smallest absolute Gasteiger partial charge is 0.123 e. The number of aromatic hydroxyl groups is 2. The van der Waals surface area contributed by atoms with Crippen LogP contribution in [0.5, 0.6) is 11.5 Å². The zero-order valence-corrected chi connectivity index (χ0v) is 14.7. The van der Waals surface area contributed by atoms with E-state index < -0.39 is 0 Å². The van der Waals surface area contributed by atoms with E-state index in [1.54, 1.807) is 0 Å². The van der Waals surface area contributed by atoms with Crippen molar-refractivity contribution in [2.24, 2.45) is 5.92 Å². The SMILES string of the molecule is C=C(C)[C@@H]1CC=C(C)C[C@H]1c1c(O)cc(CCCCC)cc1O.